The summed E-state index contributed by atoms with van der Waals surface area (Å²) in [5.41, 5.74) is 3.89. The van der Waals surface area contributed by atoms with Crippen LogP contribution in [0.15, 0.2) is 32.5 Å². The van der Waals surface area contributed by atoms with E-state index in [1.165, 1.54) is 29.8 Å². The minimum Gasteiger partial charge on any atom is -0.306 e. The van der Waals surface area contributed by atoms with Gasteiger partial charge in [-0.25, -0.2) is 0 Å². The molecule has 2 rings (SSSR count). The summed E-state index contributed by atoms with van der Waals surface area (Å²) < 4.78 is 2.43. The molecule has 1 atom stereocenters. The van der Waals surface area contributed by atoms with Crippen LogP contribution in [0.5, 0.6) is 0 Å². The molecule has 0 saturated carbocycles. The van der Waals surface area contributed by atoms with Crippen molar-refractivity contribution in [3.05, 3.63) is 54.1 Å². The molecular formula is C16H19Br2NS. The number of rotatable bonds is 5. The highest BCUT2D eigenvalue weighted by Crippen LogP contribution is 2.37. The molecule has 0 radical (unpaired) electrons. The molecule has 0 fully saturated rings. The van der Waals surface area contributed by atoms with Gasteiger partial charge in [0.1, 0.15) is 0 Å². The first-order valence-electron chi connectivity index (χ1n) is 6.78. The first-order chi connectivity index (χ1) is 9.54. The van der Waals surface area contributed by atoms with Gasteiger partial charge in [0.15, 0.2) is 0 Å². The minimum atomic E-state index is 0.249. The van der Waals surface area contributed by atoms with Crippen LogP contribution in [0.3, 0.4) is 0 Å². The Morgan fingerprint density at radius 1 is 1.20 bits per heavy atom. The van der Waals surface area contributed by atoms with E-state index in [9.17, 15) is 0 Å². The Kier molecular flexibility index (Phi) is 5.84. The topological polar surface area (TPSA) is 12.0 Å². The first-order valence-corrected chi connectivity index (χ1v) is 9.19. The van der Waals surface area contributed by atoms with E-state index < -0.39 is 0 Å². The van der Waals surface area contributed by atoms with Gasteiger partial charge in [0, 0.05) is 9.35 Å². The molecule has 20 heavy (non-hydrogen) atoms. The quantitative estimate of drug-likeness (QED) is 0.632. The molecule has 0 saturated heterocycles. The van der Waals surface area contributed by atoms with Crippen LogP contribution in [0.25, 0.3) is 0 Å². The number of aryl methyl sites for hydroxylation is 2. The van der Waals surface area contributed by atoms with Gasteiger partial charge < -0.3 is 5.32 Å². The third-order valence-corrected chi connectivity index (χ3v) is 6.58. The number of nitrogens with one attached hydrogen (secondary N) is 1. The van der Waals surface area contributed by atoms with Crippen molar-refractivity contribution >= 4 is 43.2 Å². The summed E-state index contributed by atoms with van der Waals surface area (Å²) in [7, 11) is 0. The zero-order valence-corrected chi connectivity index (χ0v) is 16.0. The van der Waals surface area contributed by atoms with E-state index in [1.807, 2.05) is 11.3 Å². The Hall–Kier alpha value is -0.160. The predicted molar refractivity (Wildman–Crippen MR) is 95.8 cm³/mol. The average molecular weight is 417 g/mol. The lowest BCUT2D eigenvalue weighted by Crippen LogP contribution is -2.22. The highest BCUT2D eigenvalue weighted by molar-refractivity contribution is 9.11. The van der Waals surface area contributed by atoms with Crippen LogP contribution in [-0.4, -0.2) is 6.54 Å². The zero-order chi connectivity index (χ0) is 14.7. The molecule has 0 amide bonds. The fraction of sp³-hybridized carbons (Fsp3) is 0.375. The monoisotopic (exact) mass is 415 g/mol. The van der Waals surface area contributed by atoms with Crippen LogP contribution in [0, 0.1) is 13.8 Å². The number of thiophene rings is 1. The molecule has 1 N–H and O–H groups in total. The van der Waals surface area contributed by atoms with Crippen molar-refractivity contribution in [3.8, 4) is 0 Å². The summed E-state index contributed by atoms with van der Waals surface area (Å²) in [5, 5.41) is 3.67. The molecule has 1 aromatic carbocycles. The van der Waals surface area contributed by atoms with Crippen LogP contribution in [0.4, 0.5) is 0 Å². The second-order valence-corrected chi connectivity index (χ2v) is 8.17. The Morgan fingerprint density at radius 2 is 1.95 bits per heavy atom. The maximum Gasteiger partial charge on any atom is 0.0731 e. The summed E-state index contributed by atoms with van der Waals surface area (Å²) in [5.74, 6) is 0. The van der Waals surface area contributed by atoms with Gasteiger partial charge in [-0.05, 0) is 65.5 Å². The van der Waals surface area contributed by atoms with E-state index in [-0.39, 0.29) is 6.04 Å². The second-order valence-electron chi connectivity index (χ2n) is 4.97. The number of halogens is 2. The van der Waals surface area contributed by atoms with E-state index in [0.29, 0.717) is 0 Å². The van der Waals surface area contributed by atoms with Crippen LogP contribution in [0.2, 0.25) is 0 Å². The van der Waals surface area contributed by atoms with Gasteiger partial charge in [-0.1, -0.05) is 41.1 Å². The predicted octanol–water partition coefficient (Wildman–Crippen LogP) is 5.98. The van der Waals surface area contributed by atoms with Gasteiger partial charge in [-0.3, -0.25) is 0 Å². The van der Waals surface area contributed by atoms with Crippen molar-refractivity contribution < 1.29 is 0 Å². The lowest BCUT2D eigenvalue weighted by molar-refractivity contribution is 0.603. The van der Waals surface area contributed by atoms with Crippen molar-refractivity contribution in [1.82, 2.24) is 5.32 Å². The van der Waals surface area contributed by atoms with Gasteiger partial charge >= 0.3 is 0 Å². The fourth-order valence-electron chi connectivity index (χ4n) is 2.17. The summed E-state index contributed by atoms with van der Waals surface area (Å²) in [6.45, 7) is 7.50. The van der Waals surface area contributed by atoms with Crippen LogP contribution < -0.4 is 5.32 Å². The molecule has 1 nitrogen and oxygen atoms in total. The molecule has 108 valence electrons. The third kappa shape index (κ3) is 3.53. The highest BCUT2D eigenvalue weighted by atomic mass is 79.9. The summed E-state index contributed by atoms with van der Waals surface area (Å²) in [4.78, 5) is 1.36. The summed E-state index contributed by atoms with van der Waals surface area (Å²) in [6, 6.07) is 9.00. The van der Waals surface area contributed by atoms with Gasteiger partial charge in [-0.15, -0.1) is 11.3 Å². The highest BCUT2D eigenvalue weighted by Gasteiger charge is 2.19. The molecule has 0 aliphatic heterocycles. The van der Waals surface area contributed by atoms with Crippen LogP contribution >= 0.6 is 43.2 Å². The van der Waals surface area contributed by atoms with Crippen molar-refractivity contribution in [3.63, 3.8) is 0 Å². The Balaban J connectivity index is 2.44. The molecule has 2 aromatic rings. The van der Waals surface area contributed by atoms with Crippen molar-refractivity contribution in [2.75, 3.05) is 6.54 Å². The van der Waals surface area contributed by atoms with Gasteiger partial charge in [0.2, 0.25) is 0 Å². The first kappa shape index (κ1) is 16.2. The van der Waals surface area contributed by atoms with E-state index in [1.54, 1.807) is 0 Å². The molecule has 0 aliphatic carbocycles. The average Bonchev–Trinajstić information content (AvgIpc) is 2.74. The van der Waals surface area contributed by atoms with E-state index in [2.05, 4.69) is 82.2 Å². The maximum atomic E-state index is 3.75. The SMILES string of the molecule is CCCNC(c1cc(C)c(Br)s1)c1cccc(C)c1Br. The number of hydrogen-bond acceptors (Lipinski definition) is 2. The standard InChI is InChI=1S/C16H19Br2NS/c1-4-8-19-15(13-9-11(3)16(18)20-13)12-7-5-6-10(2)14(12)17/h5-7,9,15,19H,4,8H2,1-3H3. The molecule has 1 unspecified atom stereocenters. The van der Waals surface area contributed by atoms with Crippen molar-refractivity contribution in [2.45, 2.75) is 33.2 Å². The lowest BCUT2D eigenvalue weighted by atomic mass is 10.0. The molecule has 1 heterocycles. The second kappa shape index (κ2) is 7.21. The summed E-state index contributed by atoms with van der Waals surface area (Å²) in [6.07, 6.45) is 1.13. The van der Waals surface area contributed by atoms with Crippen LogP contribution in [0.1, 0.15) is 41.0 Å². The van der Waals surface area contributed by atoms with Crippen molar-refractivity contribution in [2.24, 2.45) is 0 Å². The maximum absolute atomic E-state index is 3.75. The lowest BCUT2D eigenvalue weighted by Gasteiger charge is -2.20. The molecule has 0 bridgehead atoms. The smallest absolute Gasteiger partial charge is 0.0731 e. The Labute approximate surface area is 142 Å². The van der Waals surface area contributed by atoms with Gasteiger partial charge in [-0.2, -0.15) is 0 Å². The normalized spacial score (nSPS) is 12.7. The fourth-order valence-corrected chi connectivity index (χ4v) is 4.33. The van der Waals surface area contributed by atoms with Crippen molar-refractivity contribution in [1.29, 1.82) is 0 Å². The zero-order valence-electron chi connectivity index (χ0n) is 12.0. The largest absolute Gasteiger partial charge is 0.306 e. The summed E-state index contributed by atoms with van der Waals surface area (Å²) >= 11 is 9.20. The molecule has 4 heteroatoms. The van der Waals surface area contributed by atoms with Gasteiger partial charge in [0.05, 0.1) is 9.83 Å². The van der Waals surface area contributed by atoms with E-state index in [0.717, 1.165) is 13.0 Å². The van der Waals surface area contributed by atoms with Gasteiger partial charge in [0.25, 0.3) is 0 Å². The molecule has 1 aromatic heterocycles. The number of benzene rings is 1. The molecule has 0 spiro atoms. The Bertz CT molecular complexity index is 573. The van der Waals surface area contributed by atoms with Crippen LogP contribution in [-0.2, 0) is 0 Å². The minimum absolute atomic E-state index is 0.249. The third-order valence-electron chi connectivity index (χ3n) is 3.29. The Morgan fingerprint density at radius 3 is 2.55 bits per heavy atom. The number of hydrogen-bond donors (Lipinski definition) is 1. The molecule has 0 aliphatic rings. The van der Waals surface area contributed by atoms with E-state index >= 15 is 0 Å². The molecular weight excluding hydrogens is 398 g/mol. The van der Waals surface area contributed by atoms with E-state index in [4.69, 9.17) is 0 Å².